The molecule has 0 spiro atoms. The van der Waals surface area contributed by atoms with E-state index in [0.29, 0.717) is 44.3 Å². The van der Waals surface area contributed by atoms with Crippen LogP contribution in [0.4, 0.5) is 0 Å². The molecule has 0 bridgehead atoms. The lowest BCUT2D eigenvalue weighted by atomic mass is 10.0. The number of methoxy groups -OCH3 is 1. The van der Waals surface area contributed by atoms with E-state index in [1.807, 2.05) is 0 Å². The Balaban J connectivity index is 1.58. The van der Waals surface area contributed by atoms with E-state index in [2.05, 4.69) is 12.2 Å². The zero-order valence-electron chi connectivity index (χ0n) is 14.4. The largest absolute Gasteiger partial charge is 0.497 e. The van der Waals surface area contributed by atoms with Crippen LogP contribution in [0.1, 0.15) is 19.3 Å². The number of benzene rings is 1. The minimum atomic E-state index is -3.53. The number of hydrogen-bond acceptors (Lipinski definition) is 4. The molecule has 1 aromatic carbocycles. The van der Waals surface area contributed by atoms with Gasteiger partial charge in [-0.2, -0.15) is 4.31 Å². The predicted octanol–water partition coefficient (Wildman–Crippen LogP) is 1.88. The van der Waals surface area contributed by atoms with E-state index in [-0.39, 0.29) is 10.8 Å². The molecule has 1 saturated heterocycles. The summed E-state index contributed by atoms with van der Waals surface area (Å²) in [7, 11) is -1.99. The van der Waals surface area contributed by atoms with Crippen molar-refractivity contribution in [1.82, 2.24) is 9.21 Å². The predicted molar refractivity (Wildman–Crippen MR) is 94.8 cm³/mol. The normalized spacial score (nSPS) is 21.5. The van der Waals surface area contributed by atoms with E-state index in [9.17, 15) is 13.2 Å². The lowest BCUT2D eigenvalue weighted by Crippen LogP contribution is -2.50. The third kappa shape index (κ3) is 4.04. The van der Waals surface area contributed by atoms with Crippen LogP contribution in [0.25, 0.3) is 0 Å². The van der Waals surface area contributed by atoms with Crippen molar-refractivity contribution < 1.29 is 17.9 Å². The van der Waals surface area contributed by atoms with E-state index < -0.39 is 10.0 Å². The van der Waals surface area contributed by atoms with Crippen LogP contribution < -0.4 is 4.74 Å². The van der Waals surface area contributed by atoms with Gasteiger partial charge in [0.25, 0.3) is 0 Å². The number of ether oxygens (including phenoxy) is 1. The molecule has 1 fully saturated rings. The number of amides is 1. The molecule has 0 aromatic heterocycles. The van der Waals surface area contributed by atoms with Gasteiger partial charge in [0.05, 0.1) is 12.0 Å². The van der Waals surface area contributed by atoms with Crippen LogP contribution in [0.5, 0.6) is 5.75 Å². The molecule has 0 radical (unpaired) electrons. The van der Waals surface area contributed by atoms with E-state index in [1.54, 1.807) is 36.3 Å². The zero-order valence-corrected chi connectivity index (χ0v) is 15.2. The number of piperazine rings is 1. The molecule has 1 aliphatic heterocycles. The van der Waals surface area contributed by atoms with Crippen LogP contribution in [0.15, 0.2) is 41.3 Å². The Morgan fingerprint density at radius 2 is 1.84 bits per heavy atom. The Morgan fingerprint density at radius 3 is 2.40 bits per heavy atom. The van der Waals surface area contributed by atoms with Crippen molar-refractivity contribution in [3.8, 4) is 5.75 Å². The molecule has 1 amide bonds. The Bertz CT molecular complexity index is 735. The first-order valence-electron chi connectivity index (χ1n) is 8.59. The highest BCUT2D eigenvalue weighted by atomic mass is 32.2. The summed E-state index contributed by atoms with van der Waals surface area (Å²) in [5.74, 6) is 1.09. The fraction of sp³-hybridized carbons (Fsp3) is 0.500. The average molecular weight is 364 g/mol. The van der Waals surface area contributed by atoms with Gasteiger partial charge in [-0.25, -0.2) is 8.42 Å². The van der Waals surface area contributed by atoms with Crippen molar-refractivity contribution in [2.75, 3.05) is 33.3 Å². The van der Waals surface area contributed by atoms with Crippen molar-refractivity contribution in [2.45, 2.75) is 24.2 Å². The van der Waals surface area contributed by atoms with Crippen molar-refractivity contribution in [1.29, 1.82) is 0 Å². The van der Waals surface area contributed by atoms with Gasteiger partial charge >= 0.3 is 0 Å². The third-order valence-electron chi connectivity index (χ3n) is 4.84. The van der Waals surface area contributed by atoms with Gasteiger partial charge in [-0.15, -0.1) is 0 Å². The maximum atomic E-state index is 12.7. The topological polar surface area (TPSA) is 66.9 Å². The first-order chi connectivity index (χ1) is 12.0. The fourth-order valence-corrected chi connectivity index (χ4v) is 4.72. The van der Waals surface area contributed by atoms with Crippen LogP contribution in [-0.4, -0.2) is 56.8 Å². The number of carbonyl (C=O) groups is 1. The average Bonchev–Trinajstić information content (AvgIpc) is 3.15. The third-order valence-corrected chi connectivity index (χ3v) is 6.75. The molecule has 2 aliphatic rings. The highest BCUT2D eigenvalue weighted by Gasteiger charge is 2.30. The van der Waals surface area contributed by atoms with Gasteiger partial charge in [0, 0.05) is 32.6 Å². The molecule has 0 saturated carbocycles. The Morgan fingerprint density at radius 1 is 1.16 bits per heavy atom. The Kier molecular flexibility index (Phi) is 5.44. The summed E-state index contributed by atoms with van der Waals surface area (Å²) in [6.07, 6.45) is 6.85. The SMILES string of the molecule is COc1ccc(S(=O)(=O)N2CCN(C(=O)C[C@H]3C=CCC3)CC2)cc1. The quantitative estimate of drug-likeness (QED) is 0.748. The highest BCUT2D eigenvalue weighted by Crippen LogP contribution is 2.23. The van der Waals surface area contributed by atoms with Crippen molar-refractivity contribution in [3.05, 3.63) is 36.4 Å². The molecule has 0 unspecified atom stereocenters. The summed E-state index contributed by atoms with van der Waals surface area (Å²) >= 11 is 0. The van der Waals surface area contributed by atoms with Crippen LogP contribution >= 0.6 is 0 Å². The molecule has 1 aliphatic carbocycles. The summed E-state index contributed by atoms with van der Waals surface area (Å²) in [6.45, 7) is 1.57. The van der Waals surface area contributed by atoms with Gasteiger partial charge in [0.15, 0.2) is 0 Å². The maximum absolute atomic E-state index is 12.7. The lowest BCUT2D eigenvalue weighted by Gasteiger charge is -2.34. The van der Waals surface area contributed by atoms with E-state index in [0.717, 1.165) is 12.8 Å². The monoisotopic (exact) mass is 364 g/mol. The number of allylic oxidation sites excluding steroid dienone is 2. The summed E-state index contributed by atoms with van der Waals surface area (Å²) < 4.78 is 31.9. The first kappa shape index (κ1) is 17.9. The Hall–Kier alpha value is -1.86. The van der Waals surface area contributed by atoms with Gasteiger partial charge in [-0.05, 0) is 43.0 Å². The smallest absolute Gasteiger partial charge is 0.243 e. The second-order valence-corrected chi connectivity index (χ2v) is 8.37. The van der Waals surface area contributed by atoms with E-state index >= 15 is 0 Å². The van der Waals surface area contributed by atoms with Crippen LogP contribution in [0, 0.1) is 5.92 Å². The standard InChI is InChI=1S/C18H24N2O4S/c1-24-16-6-8-17(9-7-16)25(22,23)20-12-10-19(11-13-20)18(21)14-15-4-2-3-5-15/h2,4,6-9,15H,3,5,10-14H2,1H3/t15-/m0/s1. The maximum Gasteiger partial charge on any atom is 0.243 e. The van der Waals surface area contributed by atoms with Crippen molar-refractivity contribution >= 4 is 15.9 Å². The van der Waals surface area contributed by atoms with Gasteiger partial charge in [0.2, 0.25) is 15.9 Å². The van der Waals surface area contributed by atoms with Crippen molar-refractivity contribution in [2.24, 2.45) is 5.92 Å². The second kappa shape index (κ2) is 7.58. The van der Waals surface area contributed by atoms with E-state index in [4.69, 9.17) is 4.74 Å². The molecular formula is C18H24N2O4S. The van der Waals surface area contributed by atoms with Gasteiger partial charge < -0.3 is 9.64 Å². The second-order valence-electron chi connectivity index (χ2n) is 6.43. The first-order valence-corrected chi connectivity index (χ1v) is 10.0. The molecule has 3 rings (SSSR count). The zero-order chi connectivity index (χ0) is 17.9. The molecule has 136 valence electrons. The molecule has 6 nitrogen and oxygen atoms in total. The van der Waals surface area contributed by atoms with Gasteiger partial charge in [-0.3, -0.25) is 4.79 Å². The molecular weight excluding hydrogens is 340 g/mol. The van der Waals surface area contributed by atoms with Crippen LogP contribution in [-0.2, 0) is 14.8 Å². The summed E-state index contributed by atoms with van der Waals surface area (Å²) in [4.78, 5) is 14.4. The molecule has 25 heavy (non-hydrogen) atoms. The van der Waals surface area contributed by atoms with Crippen LogP contribution in [0.3, 0.4) is 0 Å². The lowest BCUT2D eigenvalue weighted by molar-refractivity contribution is -0.133. The molecule has 1 atom stereocenters. The molecule has 1 heterocycles. The molecule has 7 heteroatoms. The number of hydrogen-bond donors (Lipinski definition) is 0. The minimum Gasteiger partial charge on any atom is -0.497 e. The molecule has 1 aromatic rings. The number of sulfonamides is 1. The fourth-order valence-electron chi connectivity index (χ4n) is 3.29. The van der Waals surface area contributed by atoms with Crippen molar-refractivity contribution in [3.63, 3.8) is 0 Å². The number of carbonyl (C=O) groups excluding carboxylic acids is 1. The van der Waals surface area contributed by atoms with Crippen LogP contribution in [0.2, 0.25) is 0 Å². The summed E-state index contributed by atoms with van der Waals surface area (Å²) in [5.41, 5.74) is 0. The number of nitrogens with zero attached hydrogens (tertiary/aromatic N) is 2. The number of rotatable bonds is 5. The minimum absolute atomic E-state index is 0.123. The highest BCUT2D eigenvalue weighted by molar-refractivity contribution is 7.89. The summed E-state index contributed by atoms with van der Waals surface area (Å²) in [5, 5.41) is 0. The van der Waals surface area contributed by atoms with Gasteiger partial charge in [-0.1, -0.05) is 12.2 Å². The Labute approximate surface area is 149 Å². The molecule has 0 N–H and O–H groups in total. The summed E-state index contributed by atoms with van der Waals surface area (Å²) in [6, 6.07) is 6.39. The van der Waals surface area contributed by atoms with E-state index in [1.165, 1.54) is 4.31 Å². The van der Waals surface area contributed by atoms with Gasteiger partial charge in [0.1, 0.15) is 5.75 Å².